The van der Waals surface area contributed by atoms with Gasteiger partial charge in [-0.1, -0.05) is 6.08 Å². The molecule has 29 heavy (non-hydrogen) atoms. The standard InChI is InChI=1S/C19H30N4O6/c1-5-19(3,4)18(27)29-14(12-9-28-10-12)16(25)21-11(2)17(26)23-8-6-7-13(22-23)15(20)24/h5,11-14,22H,1,6-10H2,2-4H3,(H2,20,24)(H,21,25). The molecule has 162 valence electrons. The largest absolute Gasteiger partial charge is 0.451 e. The van der Waals surface area contributed by atoms with E-state index in [9.17, 15) is 19.2 Å². The van der Waals surface area contributed by atoms with Crippen molar-refractivity contribution >= 4 is 23.7 Å². The zero-order chi connectivity index (χ0) is 21.8. The van der Waals surface area contributed by atoms with Crippen LogP contribution in [-0.2, 0) is 28.7 Å². The number of hydrogen-bond donors (Lipinski definition) is 3. The van der Waals surface area contributed by atoms with E-state index in [1.165, 1.54) is 18.0 Å². The Hall–Kier alpha value is -2.46. The van der Waals surface area contributed by atoms with Crippen molar-refractivity contribution in [2.45, 2.75) is 51.8 Å². The molecule has 0 spiro atoms. The van der Waals surface area contributed by atoms with Gasteiger partial charge in [-0.25, -0.2) is 5.43 Å². The highest BCUT2D eigenvalue weighted by molar-refractivity contribution is 5.91. The predicted octanol–water partition coefficient (Wildman–Crippen LogP) is -0.758. The molecule has 10 heteroatoms. The highest BCUT2D eigenvalue weighted by atomic mass is 16.6. The molecule has 2 aliphatic rings. The van der Waals surface area contributed by atoms with Crippen LogP contribution in [0.25, 0.3) is 0 Å². The van der Waals surface area contributed by atoms with Crippen LogP contribution in [0.1, 0.15) is 33.6 Å². The Morgan fingerprint density at radius 3 is 2.52 bits per heavy atom. The minimum atomic E-state index is -1.07. The summed E-state index contributed by atoms with van der Waals surface area (Å²) in [6.07, 6.45) is 1.53. The van der Waals surface area contributed by atoms with Crippen LogP contribution in [0.15, 0.2) is 12.7 Å². The zero-order valence-corrected chi connectivity index (χ0v) is 17.1. The molecule has 3 amide bonds. The normalized spacial score (nSPS) is 22.0. The van der Waals surface area contributed by atoms with E-state index in [0.29, 0.717) is 19.4 Å². The van der Waals surface area contributed by atoms with Crippen LogP contribution in [-0.4, -0.2) is 66.6 Å². The Balaban J connectivity index is 2.00. The highest BCUT2D eigenvalue weighted by Gasteiger charge is 2.40. The Labute approximate surface area is 170 Å². The summed E-state index contributed by atoms with van der Waals surface area (Å²) in [5, 5.41) is 3.89. The molecule has 0 bridgehead atoms. The Bertz CT molecular complexity index is 676. The Morgan fingerprint density at radius 2 is 2.00 bits per heavy atom. The van der Waals surface area contributed by atoms with Crippen LogP contribution >= 0.6 is 0 Å². The Kier molecular flexibility index (Phi) is 7.37. The average molecular weight is 410 g/mol. The van der Waals surface area contributed by atoms with Crippen LogP contribution in [0.3, 0.4) is 0 Å². The van der Waals surface area contributed by atoms with Crippen LogP contribution < -0.4 is 16.5 Å². The molecule has 3 atom stereocenters. The van der Waals surface area contributed by atoms with Crippen molar-refractivity contribution in [1.29, 1.82) is 0 Å². The number of rotatable bonds is 8. The molecule has 2 saturated heterocycles. The van der Waals surface area contributed by atoms with Crippen LogP contribution in [0, 0.1) is 11.3 Å². The number of hydrazine groups is 1. The van der Waals surface area contributed by atoms with E-state index in [4.69, 9.17) is 15.2 Å². The third kappa shape index (κ3) is 5.54. The molecule has 2 fully saturated rings. The van der Waals surface area contributed by atoms with Gasteiger partial charge >= 0.3 is 5.97 Å². The van der Waals surface area contributed by atoms with E-state index in [2.05, 4.69) is 17.3 Å². The molecule has 2 rings (SSSR count). The summed E-state index contributed by atoms with van der Waals surface area (Å²) in [6, 6.07) is -1.52. The van der Waals surface area contributed by atoms with Gasteiger partial charge in [0, 0.05) is 6.54 Å². The number of amides is 3. The average Bonchev–Trinajstić information content (AvgIpc) is 2.65. The van der Waals surface area contributed by atoms with Crippen molar-refractivity contribution in [3.8, 4) is 0 Å². The lowest BCUT2D eigenvalue weighted by Crippen LogP contribution is -2.61. The number of nitrogens with one attached hydrogen (secondary N) is 2. The summed E-state index contributed by atoms with van der Waals surface area (Å²) in [5.74, 6) is -2.39. The number of carbonyl (C=O) groups is 4. The van der Waals surface area contributed by atoms with Crippen molar-refractivity contribution in [2.75, 3.05) is 19.8 Å². The SMILES string of the molecule is C=CC(C)(C)C(=O)OC(C(=O)NC(C)C(=O)N1CCCC(C(N)=O)N1)C1COC1. The lowest BCUT2D eigenvalue weighted by molar-refractivity contribution is -0.177. The molecular formula is C19H30N4O6. The molecule has 0 saturated carbocycles. The minimum absolute atomic E-state index is 0.283. The van der Waals surface area contributed by atoms with Crippen LogP contribution in [0.5, 0.6) is 0 Å². The van der Waals surface area contributed by atoms with E-state index in [-0.39, 0.29) is 19.1 Å². The molecule has 0 aromatic carbocycles. The van der Waals surface area contributed by atoms with Crippen molar-refractivity contribution in [3.05, 3.63) is 12.7 Å². The monoisotopic (exact) mass is 410 g/mol. The smallest absolute Gasteiger partial charge is 0.316 e. The fraction of sp³-hybridized carbons (Fsp3) is 0.684. The van der Waals surface area contributed by atoms with Crippen molar-refractivity contribution in [1.82, 2.24) is 15.8 Å². The fourth-order valence-corrected chi connectivity index (χ4v) is 2.88. The first kappa shape index (κ1) is 22.8. The summed E-state index contributed by atoms with van der Waals surface area (Å²) in [6.45, 7) is 9.38. The first-order valence-corrected chi connectivity index (χ1v) is 9.66. The van der Waals surface area contributed by atoms with Gasteiger partial charge in [0.1, 0.15) is 12.1 Å². The third-order valence-corrected chi connectivity index (χ3v) is 5.15. The van der Waals surface area contributed by atoms with Crippen molar-refractivity contribution in [2.24, 2.45) is 17.1 Å². The maximum Gasteiger partial charge on any atom is 0.316 e. The van der Waals surface area contributed by atoms with E-state index in [1.54, 1.807) is 13.8 Å². The maximum absolute atomic E-state index is 12.8. The number of esters is 1. The molecule has 0 aromatic rings. The quantitative estimate of drug-likeness (QED) is 0.353. The minimum Gasteiger partial charge on any atom is -0.451 e. The van der Waals surface area contributed by atoms with Gasteiger partial charge in [0.25, 0.3) is 11.8 Å². The number of ether oxygens (including phenoxy) is 2. The molecule has 4 N–H and O–H groups in total. The molecule has 10 nitrogen and oxygen atoms in total. The maximum atomic E-state index is 12.8. The number of nitrogens with zero attached hydrogens (tertiary/aromatic N) is 1. The highest BCUT2D eigenvalue weighted by Crippen LogP contribution is 2.24. The second-order valence-corrected chi connectivity index (χ2v) is 8.00. The summed E-state index contributed by atoms with van der Waals surface area (Å²) in [5.41, 5.74) is 7.13. The number of hydrogen-bond acceptors (Lipinski definition) is 7. The fourth-order valence-electron chi connectivity index (χ4n) is 2.88. The molecule has 2 heterocycles. The molecule has 0 aliphatic carbocycles. The predicted molar refractivity (Wildman–Crippen MR) is 103 cm³/mol. The summed E-state index contributed by atoms with van der Waals surface area (Å²) >= 11 is 0. The second-order valence-electron chi connectivity index (χ2n) is 8.00. The molecule has 3 unspecified atom stereocenters. The van der Waals surface area contributed by atoms with Crippen LogP contribution in [0.2, 0.25) is 0 Å². The second kappa shape index (κ2) is 9.36. The summed E-state index contributed by atoms with van der Waals surface area (Å²) in [4.78, 5) is 49.2. The Morgan fingerprint density at radius 1 is 1.34 bits per heavy atom. The summed E-state index contributed by atoms with van der Waals surface area (Å²) < 4.78 is 10.6. The molecular weight excluding hydrogens is 380 g/mol. The lowest BCUT2D eigenvalue weighted by Gasteiger charge is -2.36. The number of primary amides is 1. The van der Waals surface area contributed by atoms with Crippen LogP contribution in [0.4, 0.5) is 0 Å². The van der Waals surface area contributed by atoms with E-state index >= 15 is 0 Å². The van der Waals surface area contributed by atoms with Gasteiger partial charge in [0.2, 0.25) is 5.91 Å². The van der Waals surface area contributed by atoms with Gasteiger partial charge in [-0.3, -0.25) is 24.2 Å². The first-order valence-electron chi connectivity index (χ1n) is 9.66. The molecule has 0 radical (unpaired) electrons. The molecule has 0 aromatic heterocycles. The van der Waals surface area contributed by atoms with E-state index in [0.717, 1.165) is 0 Å². The van der Waals surface area contributed by atoms with Crippen molar-refractivity contribution < 1.29 is 28.7 Å². The zero-order valence-electron chi connectivity index (χ0n) is 17.1. The lowest BCUT2D eigenvalue weighted by atomic mass is 9.93. The third-order valence-electron chi connectivity index (χ3n) is 5.15. The van der Waals surface area contributed by atoms with Gasteiger partial charge in [0.15, 0.2) is 6.10 Å². The first-order chi connectivity index (χ1) is 13.6. The summed E-state index contributed by atoms with van der Waals surface area (Å²) in [7, 11) is 0. The van der Waals surface area contributed by atoms with E-state index < -0.39 is 47.3 Å². The van der Waals surface area contributed by atoms with E-state index in [1.807, 2.05) is 0 Å². The number of nitrogens with two attached hydrogens (primary N) is 1. The topological polar surface area (TPSA) is 140 Å². The number of carbonyl (C=O) groups excluding carboxylic acids is 4. The van der Waals surface area contributed by atoms with Crippen molar-refractivity contribution in [3.63, 3.8) is 0 Å². The van der Waals surface area contributed by atoms with Gasteiger partial charge in [-0.15, -0.1) is 6.58 Å². The van der Waals surface area contributed by atoms with Gasteiger partial charge < -0.3 is 20.5 Å². The van der Waals surface area contributed by atoms with Gasteiger partial charge in [0.05, 0.1) is 24.5 Å². The van der Waals surface area contributed by atoms with Gasteiger partial charge in [-0.05, 0) is 33.6 Å². The molecule has 2 aliphatic heterocycles. The van der Waals surface area contributed by atoms with Gasteiger partial charge in [-0.2, -0.15) is 0 Å².